The first-order chi connectivity index (χ1) is 7.65. The van der Waals surface area contributed by atoms with E-state index >= 15 is 0 Å². The molecular formula is C13H15NO2. The summed E-state index contributed by atoms with van der Waals surface area (Å²) in [5.41, 5.74) is 2.97. The molecule has 1 aromatic heterocycles. The van der Waals surface area contributed by atoms with Crippen LogP contribution in [0.3, 0.4) is 0 Å². The van der Waals surface area contributed by atoms with Crippen molar-refractivity contribution in [2.24, 2.45) is 0 Å². The number of benzene rings is 1. The monoisotopic (exact) mass is 217 g/mol. The van der Waals surface area contributed by atoms with E-state index in [1.807, 2.05) is 12.1 Å². The largest absolute Gasteiger partial charge is 0.448 e. The molecule has 1 atom stereocenters. The number of hydrogen-bond donors (Lipinski definition) is 1. The molecule has 84 valence electrons. The average Bonchev–Trinajstić information content (AvgIpc) is 2.66. The van der Waals surface area contributed by atoms with Gasteiger partial charge in [0.05, 0.1) is 6.10 Å². The average molecular weight is 217 g/mol. The Morgan fingerprint density at radius 3 is 2.88 bits per heavy atom. The number of aliphatic hydroxyl groups is 1. The van der Waals surface area contributed by atoms with Crippen LogP contribution in [0.15, 0.2) is 34.9 Å². The number of rotatable bonds is 3. The van der Waals surface area contributed by atoms with Crippen molar-refractivity contribution in [2.75, 3.05) is 0 Å². The fourth-order valence-electron chi connectivity index (χ4n) is 1.59. The Labute approximate surface area is 94.8 Å². The molecule has 1 unspecified atom stereocenters. The molecule has 0 bridgehead atoms. The highest BCUT2D eigenvalue weighted by molar-refractivity contribution is 5.24. The minimum absolute atomic E-state index is 0.574. The third kappa shape index (κ3) is 2.49. The summed E-state index contributed by atoms with van der Waals surface area (Å²) in [6, 6.07) is 8.22. The molecule has 0 saturated carbocycles. The van der Waals surface area contributed by atoms with E-state index in [1.54, 1.807) is 6.92 Å². The number of aryl methyl sites for hydroxylation is 1. The van der Waals surface area contributed by atoms with E-state index in [0.29, 0.717) is 18.0 Å². The summed E-state index contributed by atoms with van der Waals surface area (Å²) in [5, 5.41) is 9.32. The van der Waals surface area contributed by atoms with Crippen LogP contribution in [-0.2, 0) is 6.42 Å². The van der Waals surface area contributed by atoms with E-state index in [2.05, 4.69) is 24.0 Å². The van der Waals surface area contributed by atoms with Gasteiger partial charge in [0, 0.05) is 6.42 Å². The summed E-state index contributed by atoms with van der Waals surface area (Å²) < 4.78 is 5.30. The number of hydrogen-bond acceptors (Lipinski definition) is 3. The lowest BCUT2D eigenvalue weighted by atomic mass is 10.1. The minimum Gasteiger partial charge on any atom is -0.448 e. The Balaban J connectivity index is 2.14. The predicted molar refractivity (Wildman–Crippen MR) is 61.1 cm³/mol. The fraction of sp³-hybridized carbons (Fsp3) is 0.308. The second kappa shape index (κ2) is 4.49. The van der Waals surface area contributed by atoms with Crippen LogP contribution in [0.5, 0.6) is 0 Å². The van der Waals surface area contributed by atoms with Crippen LogP contribution >= 0.6 is 0 Å². The lowest BCUT2D eigenvalue weighted by Gasteiger charge is -1.99. The quantitative estimate of drug-likeness (QED) is 0.859. The predicted octanol–water partition coefficient (Wildman–Crippen LogP) is 2.63. The second-order valence-corrected chi connectivity index (χ2v) is 4.01. The number of aliphatic hydroxyl groups excluding tert-OH is 1. The van der Waals surface area contributed by atoms with Gasteiger partial charge in [-0.1, -0.05) is 29.8 Å². The maximum absolute atomic E-state index is 9.32. The maximum atomic E-state index is 9.32. The van der Waals surface area contributed by atoms with Crippen LogP contribution in [0.1, 0.15) is 35.7 Å². The molecule has 0 fully saturated rings. The van der Waals surface area contributed by atoms with Gasteiger partial charge in [-0.3, -0.25) is 0 Å². The molecule has 0 aliphatic carbocycles. The van der Waals surface area contributed by atoms with Gasteiger partial charge in [-0.2, -0.15) is 0 Å². The molecule has 0 aliphatic rings. The summed E-state index contributed by atoms with van der Waals surface area (Å²) in [5.74, 6) is 0.640. The van der Waals surface area contributed by atoms with E-state index in [0.717, 1.165) is 0 Å². The van der Waals surface area contributed by atoms with E-state index in [1.165, 1.54) is 17.4 Å². The SMILES string of the molecule is Cc1cccc(Cc2nc(C(C)O)co2)c1. The van der Waals surface area contributed by atoms with Gasteiger partial charge in [-0.25, -0.2) is 4.98 Å². The molecule has 16 heavy (non-hydrogen) atoms. The zero-order valence-corrected chi connectivity index (χ0v) is 9.47. The standard InChI is InChI=1S/C13H15NO2/c1-9-4-3-5-11(6-9)7-13-14-12(8-16-13)10(2)15/h3-6,8,10,15H,7H2,1-2H3. The summed E-state index contributed by atoms with van der Waals surface area (Å²) in [6.07, 6.45) is 1.60. The third-order valence-corrected chi connectivity index (χ3v) is 2.44. The normalized spacial score (nSPS) is 12.7. The van der Waals surface area contributed by atoms with Crippen LogP contribution in [-0.4, -0.2) is 10.1 Å². The first-order valence-corrected chi connectivity index (χ1v) is 5.33. The van der Waals surface area contributed by atoms with Gasteiger partial charge in [-0.15, -0.1) is 0 Å². The van der Waals surface area contributed by atoms with Crippen molar-refractivity contribution in [1.82, 2.24) is 4.98 Å². The Bertz CT molecular complexity index is 474. The molecule has 1 heterocycles. The van der Waals surface area contributed by atoms with Gasteiger partial charge in [0.2, 0.25) is 0 Å². The van der Waals surface area contributed by atoms with E-state index < -0.39 is 6.10 Å². The van der Waals surface area contributed by atoms with Crippen molar-refractivity contribution in [1.29, 1.82) is 0 Å². The molecule has 1 aromatic carbocycles. The number of oxazole rings is 1. The third-order valence-electron chi connectivity index (χ3n) is 2.44. The molecule has 2 rings (SSSR count). The lowest BCUT2D eigenvalue weighted by Crippen LogP contribution is -1.93. The molecule has 1 N–H and O–H groups in total. The highest BCUT2D eigenvalue weighted by Gasteiger charge is 2.08. The van der Waals surface area contributed by atoms with Crippen LogP contribution < -0.4 is 0 Å². The van der Waals surface area contributed by atoms with Gasteiger partial charge < -0.3 is 9.52 Å². The van der Waals surface area contributed by atoms with Crippen molar-refractivity contribution in [3.63, 3.8) is 0 Å². The topological polar surface area (TPSA) is 46.3 Å². The first kappa shape index (κ1) is 10.9. The van der Waals surface area contributed by atoms with Crippen LogP contribution in [0.4, 0.5) is 0 Å². The van der Waals surface area contributed by atoms with Gasteiger partial charge in [0.15, 0.2) is 5.89 Å². The molecule has 0 radical (unpaired) electrons. The maximum Gasteiger partial charge on any atom is 0.198 e. The van der Waals surface area contributed by atoms with Crippen LogP contribution in [0.25, 0.3) is 0 Å². The molecule has 2 aromatic rings. The lowest BCUT2D eigenvalue weighted by molar-refractivity contribution is 0.194. The van der Waals surface area contributed by atoms with Crippen LogP contribution in [0.2, 0.25) is 0 Å². The summed E-state index contributed by atoms with van der Waals surface area (Å²) in [6.45, 7) is 3.73. The van der Waals surface area contributed by atoms with Gasteiger partial charge >= 0.3 is 0 Å². The summed E-state index contributed by atoms with van der Waals surface area (Å²) in [4.78, 5) is 4.22. The highest BCUT2D eigenvalue weighted by atomic mass is 16.3. The minimum atomic E-state index is -0.574. The van der Waals surface area contributed by atoms with Crippen molar-refractivity contribution >= 4 is 0 Å². The second-order valence-electron chi connectivity index (χ2n) is 4.01. The van der Waals surface area contributed by atoms with E-state index in [9.17, 15) is 5.11 Å². The van der Waals surface area contributed by atoms with Crippen molar-refractivity contribution in [3.05, 3.63) is 53.2 Å². The molecule has 3 nitrogen and oxygen atoms in total. The molecular weight excluding hydrogens is 202 g/mol. The highest BCUT2D eigenvalue weighted by Crippen LogP contribution is 2.14. The van der Waals surface area contributed by atoms with E-state index in [-0.39, 0.29) is 0 Å². The number of aromatic nitrogens is 1. The van der Waals surface area contributed by atoms with Gasteiger partial charge in [0.1, 0.15) is 12.0 Å². The smallest absolute Gasteiger partial charge is 0.198 e. The molecule has 0 aliphatic heterocycles. The Morgan fingerprint density at radius 1 is 1.44 bits per heavy atom. The molecule has 0 saturated heterocycles. The zero-order chi connectivity index (χ0) is 11.5. The van der Waals surface area contributed by atoms with Crippen molar-refractivity contribution in [2.45, 2.75) is 26.4 Å². The number of nitrogens with zero attached hydrogens (tertiary/aromatic N) is 1. The molecule has 3 heteroatoms. The van der Waals surface area contributed by atoms with Crippen molar-refractivity contribution in [3.8, 4) is 0 Å². The molecule has 0 spiro atoms. The Morgan fingerprint density at radius 2 is 2.25 bits per heavy atom. The van der Waals surface area contributed by atoms with Crippen molar-refractivity contribution < 1.29 is 9.52 Å². The van der Waals surface area contributed by atoms with Gasteiger partial charge in [-0.05, 0) is 19.4 Å². The van der Waals surface area contributed by atoms with E-state index in [4.69, 9.17) is 4.42 Å². The zero-order valence-electron chi connectivity index (χ0n) is 9.47. The Kier molecular flexibility index (Phi) is 3.06. The first-order valence-electron chi connectivity index (χ1n) is 5.33. The van der Waals surface area contributed by atoms with Gasteiger partial charge in [0.25, 0.3) is 0 Å². The fourth-order valence-corrected chi connectivity index (χ4v) is 1.59. The summed E-state index contributed by atoms with van der Waals surface area (Å²) >= 11 is 0. The van der Waals surface area contributed by atoms with Crippen LogP contribution in [0, 0.1) is 6.92 Å². The summed E-state index contributed by atoms with van der Waals surface area (Å²) in [7, 11) is 0. The molecule has 0 amide bonds. The Hall–Kier alpha value is -1.61.